The Balaban J connectivity index is 3.34. The summed E-state index contributed by atoms with van der Waals surface area (Å²) in [5.41, 5.74) is 0. The fraction of sp³-hybridized carbons (Fsp3) is 0.875. The van der Waals surface area contributed by atoms with E-state index in [-0.39, 0.29) is 13.2 Å². The van der Waals surface area contributed by atoms with E-state index in [1.54, 1.807) is 11.8 Å². The number of aliphatic hydroxyl groups excluding tert-OH is 1. The Labute approximate surface area is 83.0 Å². The molecule has 0 saturated carbocycles. The molecule has 0 aliphatic rings. The van der Waals surface area contributed by atoms with Crippen molar-refractivity contribution in [3.63, 3.8) is 0 Å². The van der Waals surface area contributed by atoms with E-state index in [0.717, 1.165) is 5.75 Å². The second kappa shape index (κ2) is 8.19. The Morgan fingerprint density at radius 2 is 2.38 bits per heavy atom. The molecule has 0 aliphatic heterocycles. The molecule has 78 valence electrons. The highest BCUT2D eigenvalue weighted by molar-refractivity contribution is 7.98. The van der Waals surface area contributed by atoms with Crippen molar-refractivity contribution in [1.82, 2.24) is 5.32 Å². The molecule has 0 aliphatic carbocycles. The van der Waals surface area contributed by atoms with Gasteiger partial charge in [0.15, 0.2) is 0 Å². The van der Waals surface area contributed by atoms with Gasteiger partial charge in [0, 0.05) is 6.54 Å². The van der Waals surface area contributed by atoms with Crippen LogP contribution in [0.1, 0.15) is 6.92 Å². The number of hydrogen-bond acceptors (Lipinski definition) is 4. The van der Waals surface area contributed by atoms with Crippen LogP contribution in [-0.2, 0) is 4.74 Å². The van der Waals surface area contributed by atoms with E-state index in [1.165, 1.54) is 0 Å². The summed E-state index contributed by atoms with van der Waals surface area (Å²) in [5.74, 6) is 1.46. The van der Waals surface area contributed by atoms with Gasteiger partial charge in [0.05, 0.1) is 6.61 Å². The summed E-state index contributed by atoms with van der Waals surface area (Å²) in [6.07, 6.45) is 1.57. The predicted octanol–water partition coefficient (Wildman–Crippen LogP) is 0.704. The summed E-state index contributed by atoms with van der Waals surface area (Å²) in [7, 11) is 0. The Morgan fingerprint density at radius 3 is 2.92 bits per heavy atom. The van der Waals surface area contributed by atoms with Crippen LogP contribution in [0.3, 0.4) is 0 Å². The quantitative estimate of drug-likeness (QED) is 0.673. The fourth-order valence-corrected chi connectivity index (χ4v) is 1.48. The highest BCUT2D eigenvalue weighted by Crippen LogP contribution is 2.02. The van der Waals surface area contributed by atoms with Crippen LogP contribution >= 0.6 is 11.8 Å². The maximum atomic E-state index is 10.9. The molecule has 0 spiro atoms. The third-order valence-corrected chi connectivity index (χ3v) is 2.27. The second-order valence-corrected chi connectivity index (χ2v) is 3.71. The molecule has 0 radical (unpaired) electrons. The number of nitrogens with one attached hydrogen (secondary N) is 1. The lowest BCUT2D eigenvalue weighted by molar-refractivity contribution is 0.118. The molecular formula is C8H17NO3S. The second-order valence-electron chi connectivity index (χ2n) is 2.80. The van der Waals surface area contributed by atoms with Gasteiger partial charge in [-0.1, -0.05) is 6.92 Å². The lowest BCUT2D eigenvalue weighted by Gasteiger charge is -2.10. The minimum absolute atomic E-state index is 0.0583. The van der Waals surface area contributed by atoms with Gasteiger partial charge >= 0.3 is 6.09 Å². The van der Waals surface area contributed by atoms with Gasteiger partial charge in [0.1, 0.15) is 6.61 Å². The average molecular weight is 207 g/mol. The lowest BCUT2D eigenvalue weighted by Crippen LogP contribution is -2.30. The van der Waals surface area contributed by atoms with Gasteiger partial charge in [-0.25, -0.2) is 4.79 Å². The molecular weight excluding hydrogens is 190 g/mol. The van der Waals surface area contributed by atoms with Crippen LogP contribution in [-0.4, -0.2) is 43.0 Å². The lowest BCUT2D eigenvalue weighted by atomic mass is 10.2. The molecule has 0 aromatic rings. The van der Waals surface area contributed by atoms with Crippen LogP contribution in [0.5, 0.6) is 0 Å². The molecule has 2 N–H and O–H groups in total. The number of alkyl carbamates (subject to hydrolysis) is 1. The van der Waals surface area contributed by atoms with Crippen LogP contribution in [0.4, 0.5) is 4.79 Å². The van der Waals surface area contributed by atoms with Gasteiger partial charge in [-0.2, -0.15) is 11.8 Å². The van der Waals surface area contributed by atoms with E-state index in [4.69, 9.17) is 5.11 Å². The first-order chi connectivity index (χ1) is 6.20. The first kappa shape index (κ1) is 12.6. The number of carbonyl (C=O) groups is 1. The van der Waals surface area contributed by atoms with Crippen molar-refractivity contribution in [1.29, 1.82) is 0 Å². The van der Waals surface area contributed by atoms with Crippen molar-refractivity contribution in [3.8, 4) is 0 Å². The molecule has 0 aromatic heterocycles. The maximum absolute atomic E-state index is 10.9. The summed E-state index contributed by atoms with van der Waals surface area (Å²) in [6, 6.07) is 0. The first-order valence-corrected chi connectivity index (χ1v) is 5.60. The summed E-state index contributed by atoms with van der Waals surface area (Å²) < 4.78 is 4.61. The highest BCUT2D eigenvalue weighted by atomic mass is 32.2. The van der Waals surface area contributed by atoms with E-state index < -0.39 is 6.09 Å². The van der Waals surface area contributed by atoms with Gasteiger partial charge in [-0.3, -0.25) is 0 Å². The van der Waals surface area contributed by atoms with Crippen molar-refractivity contribution in [2.24, 2.45) is 5.92 Å². The van der Waals surface area contributed by atoms with Gasteiger partial charge in [-0.05, 0) is 17.9 Å². The number of rotatable bonds is 6. The molecule has 5 heteroatoms. The molecule has 1 amide bonds. The van der Waals surface area contributed by atoms with Crippen molar-refractivity contribution in [2.75, 3.05) is 31.8 Å². The van der Waals surface area contributed by atoms with Crippen molar-refractivity contribution >= 4 is 17.9 Å². The number of thioether (sulfide) groups is 1. The van der Waals surface area contributed by atoms with Crippen molar-refractivity contribution in [3.05, 3.63) is 0 Å². The Hall–Kier alpha value is -0.420. The Morgan fingerprint density at radius 1 is 1.69 bits per heavy atom. The first-order valence-electron chi connectivity index (χ1n) is 4.21. The van der Waals surface area contributed by atoms with Gasteiger partial charge < -0.3 is 15.2 Å². The summed E-state index contributed by atoms with van der Waals surface area (Å²) in [5, 5.41) is 11.0. The van der Waals surface area contributed by atoms with E-state index >= 15 is 0 Å². The van der Waals surface area contributed by atoms with Crippen LogP contribution < -0.4 is 5.32 Å². The molecule has 1 atom stereocenters. The number of ether oxygens (including phenoxy) is 1. The molecule has 4 nitrogen and oxygen atoms in total. The Kier molecular flexibility index (Phi) is 7.93. The average Bonchev–Trinajstić information content (AvgIpc) is 2.12. The van der Waals surface area contributed by atoms with Crippen molar-refractivity contribution in [2.45, 2.75) is 6.92 Å². The standard InChI is InChI=1S/C8H17NO3S/c1-7(6-13-2)5-9-8(11)12-4-3-10/h7,10H,3-6H2,1-2H3,(H,9,11). The van der Waals surface area contributed by atoms with Crippen LogP contribution in [0.15, 0.2) is 0 Å². The number of amides is 1. The molecule has 0 aromatic carbocycles. The van der Waals surface area contributed by atoms with Gasteiger partial charge in [-0.15, -0.1) is 0 Å². The Bertz CT molecular complexity index is 143. The minimum atomic E-state index is -0.456. The molecule has 0 bridgehead atoms. The van der Waals surface area contributed by atoms with Crippen LogP contribution in [0, 0.1) is 5.92 Å². The maximum Gasteiger partial charge on any atom is 0.407 e. The van der Waals surface area contributed by atoms with Crippen LogP contribution in [0.25, 0.3) is 0 Å². The van der Waals surface area contributed by atoms with Crippen molar-refractivity contribution < 1.29 is 14.6 Å². The number of carbonyl (C=O) groups excluding carboxylic acids is 1. The van der Waals surface area contributed by atoms with E-state index in [1.807, 2.05) is 6.26 Å². The topological polar surface area (TPSA) is 58.6 Å². The zero-order valence-electron chi connectivity index (χ0n) is 8.08. The highest BCUT2D eigenvalue weighted by Gasteiger charge is 2.04. The summed E-state index contributed by atoms with van der Waals surface area (Å²) in [6.45, 7) is 2.60. The summed E-state index contributed by atoms with van der Waals surface area (Å²) >= 11 is 1.75. The zero-order chi connectivity index (χ0) is 10.1. The molecule has 1 unspecified atom stereocenters. The largest absolute Gasteiger partial charge is 0.447 e. The third-order valence-electron chi connectivity index (χ3n) is 1.37. The van der Waals surface area contributed by atoms with Gasteiger partial charge in [0.25, 0.3) is 0 Å². The smallest absolute Gasteiger partial charge is 0.407 e. The fourth-order valence-electron chi connectivity index (χ4n) is 0.790. The number of hydrogen-bond donors (Lipinski definition) is 2. The third kappa shape index (κ3) is 7.93. The molecule has 0 fully saturated rings. The predicted molar refractivity (Wildman–Crippen MR) is 54.0 cm³/mol. The number of aliphatic hydroxyl groups is 1. The molecule has 0 saturated heterocycles. The normalized spacial score (nSPS) is 12.2. The monoisotopic (exact) mass is 207 g/mol. The molecule has 0 rings (SSSR count). The van der Waals surface area contributed by atoms with E-state index in [2.05, 4.69) is 17.0 Å². The minimum Gasteiger partial charge on any atom is -0.447 e. The molecule has 0 heterocycles. The van der Waals surface area contributed by atoms with Crippen LogP contribution in [0.2, 0.25) is 0 Å². The summed E-state index contributed by atoms with van der Waals surface area (Å²) in [4.78, 5) is 10.9. The van der Waals surface area contributed by atoms with Gasteiger partial charge in [0.2, 0.25) is 0 Å². The molecule has 13 heavy (non-hydrogen) atoms. The van der Waals surface area contributed by atoms with E-state index in [9.17, 15) is 4.79 Å². The zero-order valence-corrected chi connectivity index (χ0v) is 8.89. The SMILES string of the molecule is CSCC(C)CNC(=O)OCCO. The van der Waals surface area contributed by atoms with E-state index in [0.29, 0.717) is 12.5 Å².